The Kier molecular flexibility index (Phi) is 3.53. The number of allylic oxidation sites excluding steroid dienone is 2. The largest absolute Gasteiger partial charge is 0.481 e. The van der Waals surface area contributed by atoms with Crippen molar-refractivity contribution in [3.63, 3.8) is 0 Å². The molecule has 0 saturated heterocycles. The molecule has 25 heavy (non-hydrogen) atoms. The fourth-order valence-electron chi connectivity index (χ4n) is 3.79. The summed E-state index contributed by atoms with van der Waals surface area (Å²) in [5.41, 5.74) is 0.506. The first kappa shape index (κ1) is 15.7. The maximum Gasteiger partial charge on any atom is 0.307 e. The summed E-state index contributed by atoms with van der Waals surface area (Å²) in [6, 6.07) is 4.29. The van der Waals surface area contributed by atoms with Gasteiger partial charge in [-0.15, -0.1) is 0 Å². The molecule has 2 bridgehead atoms. The molecule has 8 nitrogen and oxygen atoms in total. The van der Waals surface area contributed by atoms with Crippen LogP contribution in [0.1, 0.15) is 6.42 Å². The van der Waals surface area contributed by atoms with E-state index in [1.165, 1.54) is 18.2 Å². The van der Waals surface area contributed by atoms with E-state index in [1.807, 2.05) is 12.2 Å². The molecular formula is C16H13N3O5S. The molecule has 1 aromatic heterocycles. The van der Waals surface area contributed by atoms with Gasteiger partial charge < -0.3 is 10.4 Å². The number of aromatic nitrogens is 1. The van der Waals surface area contributed by atoms with Crippen molar-refractivity contribution >= 4 is 44.2 Å². The summed E-state index contributed by atoms with van der Waals surface area (Å²) in [5.74, 6) is -2.83. The predicted molar refractivity (Wildman–Crippen MR) is 90.3 cm³/mol. The molecule has 2 aliphatic rings. The quantitative estimate of drug-likeness (QED) is 0.491. The van der Waals surface area contributed by atoms with E-state index in [0.29, 0.717) is 21.8 Å². The van der Waals surface area contributed by atoms with Gasteiger partial charge in [0.1, 0.15) is 0 Å². The number of aliphatic carboxylic acids is 1. The van der Waals surface area contributed by atoms with E-state index >= 15 is 0 Å². The van der Waals surface area contributed by atoms with Crippen LogP contribution in [0.5, 0.6) is 0 Å². The topological polar surface area (TPSA) is 122 Å². The van der Waals surface area contributed by atoms with E-state index in [-0.39, 0.29) is 23.4 Å². The Morgan fingerprint density at radius 3 is 2.68 bits per heavy atom. The number of anilines is 1. The van der Waals surface area contributed by atoms with Gasteiger partial charge in [-0.3, -0.25) is 19.7 Å². The van der Waals surface area contributed by atoms with Crippen LogP contribution in [0.4, 0.5) is 10.8 Å². The van der Waals surface area contributed by atoms with Gasteiger partial charge in [-0.2, -0.15) is 0 Å². The number of nitrogens with one attached hydrogen (secondary N) is 1. The van der Waals surface area contributed by atoms with Crippen molar-refractivity contribution in [2.24, 2.45) is 23.7 Å². The predicted octanol–water partition coefficient (Wildman–Crippen LogP) is 2.67. The van der Waals surface area contributed by atoms with Crippen molar-refractivity contribution < 1.29 is 19.6 Å². The van der Waals surface area contributed by atoms with Crippen molar-refractivity contribution in [2.75, 3.05) is 5.32 Å². The number of nitrogens with zero attached hydrogens (tertiary/aromatic N) is 2. The van der Waals surface area contributed by atoms with Crippen molar-refractivity contribution in [3.8, 4) is 0 Å². The molecule has 4 unspecified atom stereocenters. The van der Waals surface area contributed by atoms with Crippen LogP contribution >= 0.6 is 11.3 Å². The maximum absolute atomic E-state index is 12.6. The van der Waals surface area contributed by atoms with Crippen LogP contribution in [0.25, 0.3) is 10.2 Å². The average molecular weight is 359 g/mol. The molecule has 1 saturated carbocycles. The summed E-state index contributed by atoms with van der Waals surface area (Å²) in [7, 11) is 0. The summed E-state index contributed by atoms with van der Waals surface area (Å²) >= 11 is 1.13. The van der Waals surface area contributed by atoms with Crippen LogP contribution in [0.2, 0.25) is 0 Å². The molecule has 4 rings (SSSR count). The van der Waals surface area contributed by atoms with Gasteiger partial charge in [0.25, 0.3) is 5.69 Å². The number of non-ortho nitro benzene ring substituents is 1. The lowest BCUT2D eigenvalue weighted by atomic mass is 9.82. The zero-order valence-corrected chi connectivity index (χ0v) is 13.6. The highest BCUT2D eigenvalue weighted by Gasteiger charge is 2.51. The van der Waals surface area contributed by atoms with Crippen LogP contribution in [0.15, 0.2) is 30.4 Å². The molecule has 2 N–H and O–H groups in total. The number of nitro benzene ring substituents is 1. The maximum atomic E-state index is 12.6. The normalized spacial score (nSPS) is 26.9. The zero-order valence-electron chi connectivity index (χ0n) is 12.8. The van der Waals surface area contributed by atoms with Gasteiger partial charge in [0, 0.05) is 12.1 Å². The molecule has 2 aromatic rings. The lowest BCUT2D eigenvalue weighted by Crippen LogP contribution is -2.36. The number of hydrogen-bond acceptors (Lipinski definition) is 6. The Labute approximate surface area is 145 Å². The SMILES string of the molecule is O=C(O)C1C2C=CC(C2)C1C(=O)Nc1nc2ccc([N+](=O)[O-])cc2s1. The van der Waals surface area contributed by atoms with Crippen LogP contribution < -0.4 is 5.32 Å². The first-order valence-electron chi connectivity index (χ1n) is 7.71. The van der Waals surface area contributed by atoms with Crippen molar-refractivity contribution in [3.05, 3.63) is 40.5 Å². The number of carbonyl (C=O) groups excluding carboxylic acids is 1. The third-order valence-corrected chi connectivity index (χ3v) is 5.79. The van der Waals surface area contributed by atoms with Gasteiger partial charge in [0.15, 0.2) is 5.13 Å². The fourth-order valence-corrected chi connectivity index (χ4v) is 4.69. The van der Waals surface area contributed by atoms with Gasteiger partial charge in [-0.1, -0.05) is 23.5 Å². The van der Waals surface area contributed by atoms with Crippen LogP contribution in [-0.4, -0.2) is 26.9 Å². The summed E-state index contributed by atoms with van der Waals surface area (Å²) in [5, 5.41) is 23.3. The smallest absolute Gasteiger partial charge is 0.307 e. The minimum atomic E-state index is -0.961. The monoisotopic (exact) mass is 359 g/mol. The van der Waals surface area contributed by atoms with Gasteiger partial charge in [0.05, 0.1) is 27.0 Å². The van der Waals surface area contributed by atoms with E-state index in [2.05, 4.69) is 10.3 Å². The van der Waals surface area contributed by atoms with Gasteiger partial charge in [0.2, 0.25) is 5.91 Å². The first-order chi connectivity index (χ1) is 11.9. The Morgan fingerprint density at radius 2 is 2.00 bits per heavy atom. The number of rotatable bonds is 4. The van der Waals surface area contributed by atoms with Crippen molar-refractivity contribution in [1.82, 2.24) is 4.98 Å². The van der Waals surface area contributed by atoms with Crippen molar-refractivity contribution in [2.45, 2.75) is 6.42 Å². The Hall–Kier alpha value is -2.81. The lowest BCUT2D eigenvalue weighted by Gasteiger charge is -2.23. The number of benzene rings is 1. The summed E-state index contributed by atoms with van der Waals surface area (Å²) in [6.45, 7) is 0. The highest BCUT2D eigenvalue weighted by Crippen LogP contribution is 2.48. The molecule has 2 aliphatic carbocycles. The highest BCUT2D eigenvalue weighted by molar-refractivity contribution is 7.22. The number of carbonyl (C=O) groups is 2. The molecule has 0 aliphatic heterocycles. The van der Waals surface area contributed by atoms with E-state index in [1.54, 1.807) is 0 Å². The Bertz CT molecular complexity index is 937. The van der Waals surface area contributed by atoms with Gasteiger partial charge in [-0.05, 0) is 24.3 Å². The zero-order chi connectivity index (χ0) is 17.7. The second-order valence-electron chi connectivity index (χ2n) is 6.26. The third kappa shape index (κ3) is 2.56. The summed E-state index contributed by atoms with van der Waals surface area (Å²) in [6.07, 6.45) is 4.47. The van der Waals surface area contributed by atoms with Gasteiger partial charge >= 0.3 is 5.97 Å². The summed E-state index contributed by atoms with van der Waals surface area (Å²) in [4.78, 5) is 38.7. The number of carboxylic acids is 1. The van der Waals surface area contributed by atoms with Crippen molar-refractivity contribution in [1.29, 1.82) is 0 Å². The fraction of sp³-hybridized carbons (Fsp3) is 0.312. The van der Waals surface area contributed by atoms with E-state index < -0.39 is 22.7 Å². The number of fused-ring (bicyclic) bond motifs is 3. The minimum Gasteiger partial charge on any atom is -0.481 e. The number of carboxylic acid groups (broad SMARTS) is 1. The number of nitro groups is 1. The lowest BCUT2D eigenvalue weighted by molar-refractivity contribution is -0.384. The molecule has 1 aromatic carbocycles. The molecule has 4 atom stereocenters. The van der Waals surface area contributed by atoms with Crippen LogP contribution in [0, 0.1) is 33.8 Å². The summed E-state index contributed by atoms with van der Waals surface area (Å²) < 4.78 is 0.590. The molecule has 128 valence electrons. The second kappa shape index (κ2) is 5.62. The number of hydrogen-bond donors (Lipinski definition) is 2. The van der Waals surface area contributed by atoms with E-state index in [9.17, 15) is 24.8 Å². The molecule has 1 heterocycles. The molecule has 1 amide bonds. The molecule has 1 fully saturated rings. The number of amides is 1. The number of thiazole rings is 1. The standard InChI is InChI=1S/C16H13N3O5S/c20-14(12-7-1-2-8(5-7)13(12)15(21)22)18-16-17-10-4-3-9(19(23)24)6-11(10)25-16/h1-4,6-8,12-13H,5H2,(H,21,22)(H,17,18,20). The highest BCUT2D eigenvalue weighted by atomic mass is 32.1. The Balaban J connectivity index is 1.58. The molecule has 0 spiro atoms. The van der Waals surface area contributed by atoms with Crippen LogP contribution in [-0.2, 0) is 9.59 Å². The Morgan fingerprint density at radius 1 is 1.28 bits per heavy atom. The van der Waals surface area contributed by atoms with Gasteiger partial charge in [-0.25, -0.2) is 4.98 Å². The van der Waals surface area contributed by atoms with E-state index in [4.69, 9.17) is 0 Å². The second-order valence-corrected chi connectivity index (χ2v) is 7.29. The van der Waals surface area contributed by atoms with Crippen LogP contribution in [0.3, 0.4) is 0 Å². The first-order valence-corrected chi connectivity index (χ1v) is 8.52. The third-order valence-electron chi connectivity index (χ3n) is 4.86. The average Bonchev–Trinajstić information content (AvgIpc) is 3.26. The van der Waals surface area contributed by atoms with E-state index in [0.717, 1.165) is 11.3 Å². The molecule has 9 heteroatoms. The molecular weight excluding hydrogens is 346 g/mol. The minimum absolute atomic E-state index is 0.0433. The molecule has 0 radical (unpaired) electrons.